The molecule has 4 rings (SSSR count). The second-order valence-electron chi connectivity index (χ2n) is 6.45. The van der Waals surface area contributed by atoms with Gasteiger partial charge in [-0.1, -0.05) is 17.7 Å². The first-order valence-corrected chi connectivity index (χ1v) is 9.03. The van der Waals surface area contributed by atoms with Crippen molar-refractivity contribution in [1.29, 1.82) is 0 Å². The van der Waals surface area contributed by atoms with Crippen molar-refractivity contribution in [3.8, 4) is 0 Å². The van der Waals surface area contributed by atoms with Crippen molar-refractivity contribution in [1.82, 2.24) is 15.0 Å². The number of nitrogens with zero attached hydrogens (tertiary/aromatic N) is 5. The molecule has 2 aromatic rings. The van der Waals surface area contributed by atoms with E-state index >= 15 is 0 Å². The third-order valence-electron chi connectivity index (χ3n) is 4.51. The molecule has 1 aromatic carbocycles. The van der Waals surface area contributed by atoms with Gasteiger partial charge in [0.2, 0.25) is 17.8 Å². The molecule has 0 unspecified atom stereocenters. The van der Waals surface area contributed by atoms with Crippen LogP contribution in [0, 0.1) is 6.92 Å². The van der Waals surface area contributed by atoms with Crippen molar-refractivity contribution >= 4 is 48.3 Å². The summed E-state index contributed by atoms with van der Waals surface area (Å²) in [7, 11) is 0. The normalized spacial score (nSPS) is 16.8. The minimum Gasteiger partial charge on any atom is -0.378 e. The van der Waals surface area contributed by atoms with E-state index in [4.69, 9.17) is 14.5 Å². The van der Waals surface area contributed by atoms with Gasteiger partial charge in [0.25, 0.3) is 0 Å². The number of hydrogen-bond donors (Lipinski definition) is 1. The Labute approximate surface area is 177 Å². The minimum absolute atomic E-state index is 0. The van der Waals surface area contributed by atoms with Gasteiger partial charge in [0.1, 0.15) is 0 Å². The molecule has 0 spiro atoms. The van der Waals surface area contributed by atoms with Crippen LogP contribution >= 0.6 is 24.8 Å². The SMILES string of the molecule is Cc1ccc(Nc2nc(N3CCOCC3)nc(N3CCOCC3)n2)cc1.Cl.Cl. The maximum absolute atomic E-state index is 5.45. The second kappa shape index (κ2) is 10.6. The lowest BCUT2D eigenvalue weighted by Crippen LogP contribution is -2.40. The van der Waals surface area contributed by atoms with Gasteiger partial charge in [0.15, 0.2) is 0 Å². The van der Waals surface area contributed by atoms with Crippen molar-refractivity contribution in [3.05, 3.63) is 29.8 Å². The van der Waals surface area contributed by atoms with Crippen molar-refractivity contribution in [2.75, 3.05) is 67.7 Å². The number of aromatic nitrogens is 3. The van der Waals surface area contributed by atoms with Crippen molar-refractivity contribution in [2.45, 2.75) is 6.92 Å². The molecule has 0 saturated carbocycles. The highest BCUT2D eigenvalue weighted by molar-refractivity contribution is 5.85. The van der Waals surface area contributed by atoms with Crippen LogP contribution in [-0.2, 0) is 9.47 Å². The molecule has 0 aliphatic carbocycles. The van der Waals surface area contributed by atoms with Gasteiger partial charge in [-0.25, -0.2) is 0 Å². The highest BCUT2D eigenvalue weighted by Crippen LogP contribution is 2.21. The summed E-state index contributed by atoms with van der Waals surface area (Å²) < 4.78 is 10.9. The highest BCUT2D eigenvalue weighted by Gasteiger charge is 2.20. The maximum atomic E-state index is 5.45. The van der Waals surface area contributed by atoms with Gasteiger partial charge in [0, 0.05) is 31.9 Å². The summed E-state index contributed by atoms with van der Waals surface area (Å²) in [4.78, 5) is 18.3. The molecule has 2 aliphatic heterocycles. The summed E-state index contributed by atoms with van der Waals surface area (Å²) in [5.74, 6) is 1.95. The lowest BCUT2D eigenvalue weighted by Gasteiger charge is -2.30. The number of hydrogen-bond acceptors (Lipinski definition) is 8. The highest BCUT2D eigenvalue weighted by atomic mass is 35.5. The molecule has 0 bridgehead atoms. The summed E-state index contributed by atoms with van der Waals surface area (Å²) in [5.41, 5.74) is 2.18. The number of halogens is 2. The molecule has 154 valence electrons. The molecule has 28 heavy (non-hydrogen) atoms. The molecule has 0 atom stereocenters. The van der Waals surface area contributed by atoms with E-state index in [9.17, 15) is 0 Å². The number of ether oxygens (including phenoxy) is 2. The smallest absolute Gasteiger partial charge is 0.233 e. The quantitative estimate of drug-likeness (QED) is 0.795. The Bertz CT molecular complexity index is 701. The van der Waals surface area contributed by atoms with E-state index in [1.54, 1.807) is 0 Å². The Hall–Kier alpha value is -1.87. The molecule has 2 aliphatic rings. The number of morpholine rings is 2. The van der Waals surface area contributed by atoms with Gasteiger partial charge in [-0.05, 0) is 19.1 Å². The first kappa shape index (κ1) is 22.4. The van der Waals surface area contributed by atoms with Gasteiger partial charge >= 0.3 is 0 Å². The number of aryl methyl sites for hydroxylation is 1. The molecule has 0 amide bonds. The average molecular weight is 429 g/mol. The molecular weight excluding hydrogens is 403 g/mol. The molecule has 1 N–H and O–H groups in total. The van der Waals surface area contributed by atoms with Gasteiger partial charge in [-0.3, -0.25) is 0 Å². The molecule has 10 heteroatoms. The van der Waals surface area contributed by atoms with Crippen LogP contribution in [0.3, 0.4) is 0 Å². The Balaban J connectivity index is 0.00000140. The Morgan fingerprint density at radius 3 is 1.68 bits per heavy atom. The summed E-state index contributed by atoms with van der Waals surface area (Å²) in [6, 6.07) is 8.19. The molecule has 2 fully saturated rings. The van der Waals surface area contributed by atoms with Crippen LogP contribution in [0.1, 0.15) is 5.56 Å². The summed E-state index contributed by atoms with van der Waals surface area (Å²) in [5, 5.41) is 3.31. The molecule has 1 aromatic heterocycles. The van der Waals surface area contributed by atoms with Crippen LogP contribution in [0.25, 0.3) is 0 Å². The largest absolute Gasteiger partial charge is 0.378 e. The predicted octanol–water partition coefficient (Wildman–Crippen LogP) is 2.44. The monoisotopic (exact) mass is 428 g/mol. The van der Waals surface area contributed by atoms with Crippen molar-refractivity contribution in [2.24, 2.45) is 0 Å². The Kier molecular flexibility index (Phi) is 8.50. The number of nitrogens with one attached hydrogen (secondary N) is 1. The van der Waals surface area contributed by atoms with Gasteiger partial charge in [-0.15, -0.1) is 24.8 Å². The van der Waals surface area contributed by atoms with Crippen LogP contribution in [0.5, 0.6) is 0 Å². The molecule has 3 heterocycles. The third kappa shape index (κ3) is 5.57. The van der Waals surface area contributed by atoms with Gasteiger partial charge in [0.05, 0.1) is 26.4 Å². The fraction of sp³-hybridized carbons (Fsp3) is 0.500. The van der Waals surface area contributed by atoms with E-state index in [0.29, 0.717) is 44.3 Å². The van der Waals surface area contributed by atoms with Crippen molar-refractivity contribution < 1.29 is 9.47 Å². The lowest BCUT2D eigenvalue weighted by atomic mass is 10.2. The fourth-order valence-corrected chi connectivity index (χ4v) is 2.99. The van der Waals surface area contributed by atoms with Crippen molar-refractivity contribution in [3.63, 3.8) is 0 Å². The van der Waals surface area contributed by atoms with E-state index in [1.807, 2.05) is 12.1 Å². The first-order chi connectivity index (χ1) is 12.8. The predicted molar refractivity (Wildman–Crippen MR) is 115 cm³/mol. The fourth-order valence-electron chi connectivity index (χ4n) is 2.99. The summed E-state index contributed by atoms with van der Waals surface area (Å²) >= 11 is 0. The molecule has 8 nitrogen and oxygen atoms in total. The topological polar surface area (TPSA) is 75.6 Å². The number of benzene rings is 1. The van der Waals surface area contributed by atoms with Crippen LogP contribution in [-0.4, -0.2) is 67.6 Å². The van der Waals surface area contributed by atoms with E-state index in [1.165, 1.54) is 5.56 Å². The van der Waals surface area contributed by atoms with Gasteiger partial charge < -0.3 is 24.6 Å². The van der Waals surface area contributed by atoms with Crippen LogP contribution in [0.4, 0.5) is 23.5 Å². The summed E-state index contributed by atoms with van der Waals surface area (Å²) in [6.45, 7) is 8.00. The second-order valence-corrected chi connectivity index (χ2v) is 6.45. The van der Waals surface area contributed by atoms with E-state index < -0.39 is 0 Å². The summed E-state index contributed by atoms with van der Waals surface area (Å²) in [6.07, 6.45) is 0. The van der Waals surface area contributed by atoms with E-state index in [-0.39, 0.29) is 24.8 Å². The zero-order chi connectivity index (χ0) is 17.8. The Morgan fingerprint density at radius 2 is 1.21 bits per heavy atom. The molecule has 0 radical (unpaired) electrons. The average Bonchev–Trinajstić information content (AvgIpc) is 2.71. The first-order valence-electron chi connectivity index (χ1n) is 9.03. The van der Waals surface area contributed by atoms with E-state index in [0.717, 1.165) is 31.9 Å². The number of anilines is 4. The Morgan fingerprint density at radius 1 is 0.750 bits per heavy atom. The third-order valence-corrected chi connectivity index (χ3v) is 4.51. The zero-order valence-electron chi connectivity index (χ0n) is 15.8. The minimum atomic E-state index is 0. The van der Waals surface area contributed by atoms with Gasteiger partial charge in [-0.2, -0.15) is 15.0 Å². The molecule has 2 saturated heterocycles. The van der Waals surface area contributed by atoms with Crippen LogP contribution in [0.15, 0.2) is 24.3 Å². The zero-order valence-corrected chi connectivity index (χ0v) is 17.5. The number of rotatable bonds is 4. The lowest BCUT2D eigenvalue weighted by molar-refractivity contribution is 0.121. The van der Waals surface area contributed by atoms with E-state index in [2.05, 4.69) is 44.1 Å². The standard InChI is InChI=1S/C18H24N6O2.2ClH/c1-14-2-4-15(5-3-14)19-16-20-17(23-6-10-25-11-7-23)22-18(21-16)24-8-12-26-13-9-24;;/h2-5H,6-13H2,1H3,(H,19,20,21,22);2*1H. The maximum Gasteiger partial charge on any atom is 0.233 e. The van der Waals surface area contributed by atoms with Crippen LogP contribution in [0.2, 0.25) is 0 Å². The molecular formula is C18H26Cl2N6O2. The van der Waals surface area contributed by atoms with Crippen LogP contribution < -0.4 is 15.1 Å².